The number of piperidine rings is 1. The molecule has 2 aliphatic rings. The molecule has 32 heavy (non-hydrogen) atoms. The molecule has 0 aliphatic carbocycles. The molecule has 0 unspecified atom stereocenters. The van der Waals surface area contributed by atoms with Gasteiger partial charge in [0.15, 0.2) is 0 Å². The second kappa shape index (κ2) is 11.8. The maximum Gasteiger partial charge on any atom is 0.243 e. The highest BCUT2D eigenvalue weighted by molar-refractivity contribution is 7.89. The van der Waals surface area contributed by atoms with E-state index in [0.29, 0.717) is 13.1 Å². The molecule has 0 spiro atoms. The van der Waals surface area contributed by atoms with Crippen molar-refractivity contribution < 1.29 is 18.0 Å². The summed E-state index contributed by atoms with van der Waals surface area (Å²) in [5.74, 6) is -0.165. The maximum absolute atomic E-state index is 12.7. The highest BCUT2D eigenvalue weighted by Crippen LogP contribution is 2.18. The van der Waals surface area contributed by atoms with Crippen LogP contribution in [0, 0.1) is 0 Å². The Labute approximate surface area is 192 Å². The third-order valence-electron chi connectivity index (χ3n) is 6.32. The summed E-state index contributed by atoms with van der Waals surface area (Å²) < 4.78 is 26.8. The van der Waals surface area contributed by atoms with Crippen molar-refractivity contribution in [1.82, 2.24) is 19.4 Å². The molecule has 2 aliphatic heterocycles. The van der Waals surface area contributed by atoms with Gasteiger partial charge in [0.2, 0.25) is 21.8 Å². The number of nitrogens with zero attached hydrogens (tertiary/aromatic N) is 3. The molecule has 0 radical (unpaired) electrons. The van der Waals surface area contributed by atoms with Crippen LogP contribution in [0.3, 0.4) is 0 Å². The lowest BCUT2D eigenvalue weighted by atomic mass is 10.0. The molecule has 2 saturated heterocycles. The quantitative estimate of drug-likeness (QED) is 0.601. The van der Waals surface area contributed by atoms with Crippen LogP contribution in [-0.4, -0.2) is 86.2 Å². The summed E-state index contributed by atoms with van der Waals surface area (Å²) in [6.07, 6.45) is 4.67. The van der Waals surface area contributed by atoms with E-state index in [4.69, 9.17) is 0 Å². The molecule has 1 aromatic rings. The van der Waals surface area contributed by atoms with E-state index in [-0.39, 0.29) is 48.7 Å². The molecule has 0 aromatic heterocycles. The van der Waals surface area contributed by atoms with E-state index in [2.05, 4.69) is 17.1 Å². The Balaban J connectivity index is 1.36. The molecule has 0 bridgehead atoms. The number of carbonyl (C=O) groups is 2. The van der Waals surface area contributed by atoms with E-state index in [0.717, 1.165) is 32.5 Å². The predicted molar refractivity (Wildman–Crippen MR) is 124 cm³/mol. The maximum atomic E-state index is 12.7. The van der Waals surface area contributed by atoms with Crippen molar-refractivity contribution in [3.05, 3.63) is 30.3 Å². The number of unbranched alkanes of at least 4 members (excludes halogenated alkanes) is 1. The van der Waals surface area contributed by atoms with Crippen LogP contribution < -0.4 is 5.32 Å². The molecule has 0 saturated carbocycles. The van der Waals surface area contributed by atoms with Crippen molar-refractivity contribution >= 4 is 21.8 Å². The van der Waals surface area contributed by atoms with Crippen LogP contribution >= 0.6 is 0 Å². The van der Waals surface area contributed by atoms with E-state index in [1.807, 2.05) is 0 Å². The van der Waals surface area contributed by atoms with Gasteiger partial charge in [-0.25, -0.2) is 8.42 Å². The van der Waals surface area contributed by atoms with Gasteiger partial charge in [0.1, 0.15) is 0 Å². The first-order valence-electron chi connectivity index (χ1n) is 11.7. The number of benzene rings is 1. The topological polar surface area (TPSA) is 90.0 Å². The average molecular weight is 465 g/mol. The normalized spacial score (nSPS) is 19.1. The lowest BCUT2D eigenvalue weighted by Crippen LogP contribution is -2.50. The first kappa shape index (κ1) is 24.7. The Hall–Kier alpha value is -1.97. The largest absolute Gasteiger partial charge is 0.353 e. The molecule has 2 amide bonds. The van der Waals surface area contributed by atoms with E-state index in [1.165, 1.54) is 17.1 Å². The van der Waals surface area contributed by atoms with Crippen molar-refractivity contribution in [2.45, 2.75) is 56.4 Å². The number of amides is 2. The molecule has 2 heterocycles. The molecule has 0 atom stereocenters. The Morgan fingerprint density at radius 2 is 1.62 bits per heavy atom. The first-order valence-corrected chi connectivity index (χ1v) is 13.2. The summed E-state index contributed by atoms with van der Waals surface area (Å²) in [5, 5.41) is 3.08. The number of hydrogen-bond acceptors (Lipinski definition) is 5. The van der Waals surface area contributed by atoms with Crippen molar-refractivity contribution in [2.75, 3.05) is 45.8 Å². The summed E-state index contributed by atoms with van der Waals surface area (Å²) in [7, 11) is -3.53. The number of rotatable bonds is 9. The molecule has 1 N–H and O–H groups in total. The van der Waals surface area contributed by atoms with Crippen LogP contribution in [0.2, 0.25) is 0 Å². The first-order chi connectivity index (χ1) is 15.4. The van der Waals surface area contributed by atoms with E-state index < -0.39 is 10.0 Å². The van der Waals surface area contributed by atoms with Crippen molar-refractivity contribution in [3.8, 4) is 0 Å². The van der Waals surface area contributed by atoms with Gasteiger partial charge in [0.25, 0.3) is 0 Å². The number of piperazine rings is 1. The van der Waals surface area contributed by atoms with Gasteiger partial charge in [-0.2, -0.15) is 4.31 Å². The van der Waals surface area contributed by atoms with Gasteiger partial charge >= 0.3 is 0 Å². The van der Waals surface area contributed by atoms with E-state index in [9.17, 15) is 18.0 Å². The highest BCUT2D eigenvalue weighted by atomic mass is 32.2. The monoisotopic (exact) mass is 464 g/mol. The molecule has 3 rings (SSSR count). The van der Waals surface area contributed by atoms with Crippen LogP contribution in [0.5, 0.6) is 0 Å². The van der Waals surface area contributed by atoms with Gasteiger partial charge in [-0.3, -0.25) is 9.59 Å². The SMILES string of the molecule is CCCCN1CCC(NC(=O)CCC(=O)N2CCN(S(=O)(=O)c3ccccc3)CC2)CC1. The number of hydrogen-bond donors (Lipinski definition) is 1. The molecule has 8 nitrogen and oxygen atoms in total. The third-order valence-corrected chi connectivity index (χ3v) is 8.23. The Bertz CT molecular complexity index is 846. The summed E-state index contributed by atoms with van der Waals surface area (Å²) in [5.41, 5.74) is 0. The van der Waals surface area contributed by atoms with Gasteiger partial charge in [-0.05, 0) is 37.9 Å². The predicted octanol–water partition coefficient (Wildman–Crippen LogP) is 1.68. The van der Waals surface area contributed by atoms with Gasteiger partial charge in [-0.15, -0.1) is 0 Å². The van der Waals surface area contributed by atoms with Crippen LogP contribution in [0.1, 0.15) is 45.4 Å². The summed E-state index contributed by atoms with van der Waals surface area (Å²) >= 11 is 0. The van der Waals surface area contributed by atoms with Gasteiger partial charge in [0.05, 0.1) is 4.90 Å². The second-order valence-electron chi connectivity index (χ2n) is 8.63. The number of carbonyl (C=O) groups excluding carboxylic acids is 2. The summed E-state index contributed by atoms with van der Waals surface area (Å²) in [4.78, 5) is 29.2. The number of nitrogens with one attached hydrogen (secondary N) is 1. The molecule has 1 aromatic carbocycles. The van der Waals surface area contributed by atoms with Crippen LogP contribution in [-0.2, 0) is 19.6 Å². The van der Waals surface area contributed by atoms with Crippen LogP contribution in [0.25, 0.3) is 0 Å². The Morgan fingerprint density at radius 3 is 2.25 bits per heavy atom. The summed E-state index contributed by atoms with van der Waals surface area (Å²) in [6.45, 7) is 6.59. The number of sulfonamides is 1. The third kappa shape index (κ3) is 6.76. The van der Waals surface area contributed by atoms with Crippen molar-refractivity contribution in [2.24, 2.45) is 0 Å². The fourth-order valence-corrected chi connectivity index (χ4v) is 5.72. The second-order valence-corrected chi connectivity index (χ2v) is 10.6. The van der Waals surface area contributed by atoms with Crippen LogP contribution in [0.4, 0.5) is 0 Å². The minimum Gasteiger partial charge on any atom is -0.353 e. The standard InChI is InChI=1S/C23H36N4O4S/c1-2-3-13-25-14-11-20(12-15-25)24-22(28)9-10-23(29)26-16-18-27(19-17-26)32(30,31)21-7-5-4-6-8-21/h4-8,20H,2-3,9-19H2,1H3,(H,24,28). The number of likely N-dealkylation sites (tertiary alicyclic amines) is 1. The zero-order valence-corrected chi connectivity index (χ0v) is 19.9. The van der Waals surface area contributed by atoms with Gasteiger partial charge < -0.3 is 15.1 Å². The van der Waals surface area contributed by atoms with Gasteiger partial charge in [0, 0.05) is 58.2 Å². The average Bonchev–Trinajstić information content (AvgIpc) is 2.82. The fourth-order valence-electron chi connectivity index (χ4n) is 4.28. The lowest BCUT2D eigenvalue weighted by Gasteiger charge is -2.34. The van der Waals surface area contributed by atoms with Gasteiger partial charge in [-0.1, -0.05) is 31.5 Å². The molecule has 178 valence electrons. The summed E-state index contributed by atoms with van der Waals surface area (Å²) in [6, 6.07) is 8.55. The Kier molecular flexibility index (Phi) is 9.07. The van der Waals surface area contributed by atoms with E-state index in [1.54, 1.807) is 35.2 Å². The zero-order valence-electron chi connectivity index (χ0n) is 19.0. The van der Waals surface area contributed by atoms with Crippen molar-refractivity contribution in [1.29, 1.82) is 0 Å². The zero-order chi connectivity index (χ0) is 23.0. The smallest absolute Gasteiger partial charge is 0.243 e. The lowest BCUT2D eigenvalue weighted by molar-refractivity contribution is -0.134. The fraction of sp³-hybridized carbons (Fsp3) is 0.652. The molecule has 9 heteroatoms. The van der Waals surface area contributed by atoms with Crippen LogP contribution in [0.15, 0.2) is 35.2 Å². The minimum absolute atomic E-state index is 0.0735. The Morgan fingerprint density at radius 1 is 0.969 bits per heavy atom. The molecule has 2 fully saturated rings. The minimum atomic E-state index is -3.53. The highest BCUT2D eigenvalue weighted by Gasteiger charge is 2.30. The van der Waals surface area contributed by atoms with E-state index >= 15 is 0 Å². The van der Waals surface area contributed by atoms with Crippen molar-refractivity contribution in [3.63, 3.8) is 0 Å². The molecular weight excluding hydrogens is 428 g/mol. The molecular formula is C23H36N4O4S.